The molecule has 0 unspecified atom stereocenters. The van der Waals surface area contributed by atoms with Crippen molar-refractivity contribution in [2.45, 2.75) is 26.8 Å². The number of carbonyl (C=O) groups is 1. The van der Waals surface area contributed by atoms with Crippen molar-refractivity contribution in [2.75, 3.05) is 36.4 Å². The Bertz CT molecular complexity index is 765. The van der Waals surface area contributed by atoms with Gasteiger partial charge < -0.3 is 10.2 Å². The van der Waals surface area contributed by atoms with Crippen LogP contribution in [0.4, 0.5) is 11.4 Å². The predicted molar refractivity (Wildman–Crippen MR) is 112 cm³/mol. The molecule has 1 aliphatic heterocycles. The van der Waals surface area contributed by atoms with Gasteiger partial charge in [-0.25, -0.2) is 0 Å². The molecule has 3 rings (SSSR count). The number of rotatable bonds is 4. The average Bonchev–Trinajstić information content (AvgIpc) is 2.64. The third kappa shape index (κ3) is 4.46. The second-order valence-electron chi connectivity index (χ2n) is 7.08. The van der Waals surface area contributed by atoms with Crippen LogP contribution in [0.5, 0.6) is 0 Å². The van der Waals surface area contributed by atoms with Gasteiger partial charge in [0, 0.05) is 53.6 Å². The molecule has 1 saturated heterocycles. The second kappa shape index (κ2) is 8.23. The number of carbonyl (C=O) groups excluding carboxylic acids is 1. The fourth-order valence-corrected chi connectivity index (χ4v) is 3.76. The highest BCUT2D eigenvalue weighted by molar-refractivity contribution is 9.10. The minimum absolute atomic E-state index is 0.0772. The Morgan fingerprint density at radius 2 is 1.69 bits per heavy atom. The molecule has 1 aliphatic rings. The summed E-state index contributed by atoms with van der Waals surface area (Å²) < 4.78 is 1.01. The lowest BCUT2D eigenvalue weighted by molar-refractivity contribution is 0.102. The lowest BCUT2D eigenvalue weighted by atomic mass is 10.1. The van der Waals surface area contributed by atoms with E-state index < -0.39 is 0 Å². The monoisotopic (exact) mass is 415 g/mol. The van der Waals surface area contributed by atoms with Crippen molar-refractivity contribution in [1.82, 2.24) is 4.90 Å². The highest BCUT2D eigenvalue weighted by Gasteiger charge is 2.19. The Balaban J connectivity index is 1.63. The lowest BCUT2D eigenvalue weighted by Gasteiger charge is -2.38. The number of hydrogen-bond donors (Lipinski definition) is 1. The summed E-state index contributed by atoms with van der Waals surface area (Å²) in [6.07, 6.45) is 0. The SMILES string of the molecule is Cc1cc(Br)ccc1NC(=O)c1ccc(N2CCN(C(C)C)CC2)cc1. The van der Waals surface area contributed by atoms with E-state index in [-0.39, 0.29) is 5.91 Å². The molecular weight excluding hydrogens is 390 g/mol. The maximum atomic E-state index is 12.5. The number of aryl methyl sites for hydroxylation is 1. The van der Waals surface area contributed by atoms with Gasteiger partial charge in [-0.3, -0.25) is 9.69 Å². The number of amides is 1. The van der Waals surface area contributed by atoms with E-state index >= 15 is 0 Å². The molecule has 0 bridgehead atoms. The molecule has 1 fully saturated rings. The van der Waals surface area contributed by atoms with E-state index in [1.807, 2.05) is 49.4 Å². The lowest BCUT2D eigenvalue weighted by Crippen LogP contribution is -2.48. The van der Waals surface area contributed by atoms with Crippen LogP contribution in [-0.4, -0.2) is 43.0 Å². The van der Waals surface area contributed by atoms with E-state index in [2.05, 4.69) is 44.9 Å². The van der Waals surface area contributed by atoms with E-state index in [0.29, 0.717) is 11.6 Å². The van der Waals surface area contributed by atoms with Gasteiger partial charge in [0.1, 0.15) is 0 Å². The summed E-state index contributed by atoms with van der Waals surface area (Å²) in [7, 11) is 0. The van der Waals surface area contributed by atoms with Crippen molar-refractivity contribution in [3.8, 4) is 0 Å². The molecule has 0 radical (unpaired) electrons. The fraction of sp³-hybridized carbons (Fsp3) is 0.381. The fourth-order valence-electron chi connectivity index (χ4n) is 3.28. The molecule has 0 saturated carbocycles. The molecule has 5 heteroatoms. The van der Waals surface area contributed by atoms with E-state index in [1.165, 1.54) is 5.69 Å². The minimum atomic E-state index is -0.0772. The van der Waals surface area contributed by atoms with Gasteiger partial charge in [0.25, 0.3) is 5.91 Å². The van der Waals surface area contributed by atoms with Crippen LogP contribution in [0.25, 0.3) is 0 Å². The summed E-state index contributed by atoms with van der Waals surface area (Å²) in [6, 6.07) is 14.4. The highest BCUT2D eigenvalue weighted by atomic mass is 79.9. The number of benzene rings is 2. The van der Waals surface area contributed by atoms with E-state index in [0.717, 1.165) is 41.9 Å². The first-order valence-electron chi connectivity index (χ1n) is 9.10. The molecule has 1 heterocycles. The van der Waals surface area contributed by atoms with E-state index in [1.54, 1.807) is 0 Å². The molecule has 138 valence electrons. The smallest absolute Gasteiger partial charge is 0.255 e. The molecule has 26 heavy (non-hydrogen) atoms. The van der Waals surface area contributed by atoms with Crippen molar-refractivity contribution in [3.05, 3.63) is 58.1 Å². The second-order valence-corrected chi connectivity index (χ2v) is 7.99. The highest BCUT2D eigenvalue weighted by Crippen LogP contribution is 2.22. The number of piperazine rings is 1. The normalized spacial score (nSPS) is 15.3. The first-order valence-corrected chi connectivity index (χ1v) is 9.90. The predicted octanol–water partition coefficient (Wildman–Crippen LogP) is 4.54. The van der Waals surface area contributed by atoms with Gasteiger partial charge in [0.15, 0.2) is 0 Å². The summed E-state index contributed by atoms with van der Waals surface area (Å²) in [5.41, 5.74) is 3.74. The molecule has 0 spiro atoms. The molecule has 1 N–H and O–H groups in total. The van der Waals surface area contributed by atoms with Crippen LogP contribution in [0.15, 0.2) is 46.9 Å². The number of nitrogens with one attached hydrogen (secondary N) is 1. The zero-order valence-corrected chi connectivity index (χ0v) is 17.2. The van der Waals surface area contributed by atoms with Crippen molar-refractivity contribution < 1.29 is 4.79 Å². The minimum Gasteiger partial charge on any atom is -0.369 e. The number of nitrogens with zero attached hydrogens (tertiary/aromatic N) is 2. The average molecular weight is 416 g/mol. The molecule has 0 atom stereocenters. The molecule has 1 amide bonds. The summed E-state index contributed by atoms with van der Waals surface area (Å²) in [5.74, 6) is -0.0772. The first-order chi connectivity index (χ1) is 12.4. The largest absolute Gasteiger partial charge is 0.369 e. The first kappa shape index (κ1) is 18.9. The quantitative estimate of drug-likeness (QED) is 0.795. The van der Waals surface area contributed by atoms with E-state index in [9.17, 15) is 4.79 Å². The van der Waals surface area contributed by atoms with Gasteiger partial charge in [0.05, 0.1) is 0 Å². The van der Waals surface area contributed by atoms with Gasteiger partial charge in [0.2, 0.25) is 0 Å². The Hall–Kier alpha value is -1.85. The zero-order valence-electron chi connectivity index (χ0n) is 15.6. The Labute approximate surface area is 164 Å². The van der Waals surface area contributed by atoms with Crippen molar-refractivity contribution >= 4 is 33.2 Å². The zero-order chi connectivity index (χ0) is 18.7. The number of anilines is 2. The molecule has 4 nitrogen and oxygen atoms in total. The van der Waals surface area contributed by atoms with Crippen molar-refractivity contribution in [2.24, 2.45) is 0 Å². The summed E-state index contributed by atoms with van der Waals surface area (Å²) in [4.78, 5) is 17.4. The van der Waals surface area contributed by atoms with Gasteiger partial charge >= 0.3 is 0 Å². The van der Waals surface area contributed by atoms with Crippen LogP contribution in [0.1, 0.15) is 29.8 Å². The topological polar surface area (TPSA) is 35.6 Å². The van der Waals surface area contributed by atoms with E-state index in [4.69, 9.17) is 0 Å². The van der Waals surface area contributed by atoms with Crippen molar-refractivity contribution in [3.63, 3.8) is 0 Å². The molecule has 2 aromatic carbocycles. The molecular formula is C21H26BrN3O. The summed E-state index contributed by atoms with van der Waals surface area (Å²) in [5, 5.41) is 2.99. The van der Waals surface area contributed by atoms with Crippen LogP contribution in [-0.2, 0) is 0 Å². The third-order valence-corrected chi connectivity index (χ3v) is 5.47. The van der Waals surface area contributed by atoms with Gasteiger partial charge in [-0.05, 0) is 68.8 Å². The number of hydrogen-bond acceptors (Lipinski definition) is 3. The van der Waals surface area contributed by atoms with Gasteiger partial charge in [-0.15, -0.1) is 0 Å². The van der Waals surface area contributed by atoms with Crippen LogP contribution in [0.2, 0.25) is 0 Å². The van der Waals surface area contributed by atoms with Gasteiger partial charge in [-0.2, -0.15) is 0 Å². The molecule has 0 aromatic heterocycles. The third-order valence-electron chi connectivity index (χ3n) is 4.98. The van der Waals surface area contributed by atoms with Crippen LogP contribution in [0.3, 0.4) is 0 Å². The summed E-state index contributed by atoms with van der Waals surface area (Å²) >= 11 is 3.44. The Kier molecular flexibility index (Phi) is 5.99. The molecule has 2 aromatic rings. The van der Waals surface area contributed by atoms with Crippen LogP contribution < -0.4 is 10.2 Å². The van der Waals surface area contributed by atoms with Crippen LogP contribution >= 0.6 is 15.9 Å². The maximum Gasteiger partial charge on any atom is 0.255 e. The Morgan fingerprint density at radius 3 is 2.27 bits per heavy atom. The standard InChI is InChI=1S/C21H26BrN3O/c1-15(2)24-10-12-25(13-11-24)19-7-4-17(5-8-19)21(26)23-20-9-6-18(22)14-16(20)3/h4-9,14-15H,10-13H2,1-3H3,(H,23,26). The summed E-state index contributed by atoms with van der Waals surface area (Å²) in [6.45, 7) is 10.7. The van der Waals surface area contributed by atoms with Gasteiger partial charge in [-0.1, -0.05) is 15.9 Å². The van der Waals surface area contributed by atoms with Crippen molar-refractivity contribution in [1.29, 1.82) is 0 Å². The Morgan fingerprint density at radius 1 is 1.04 bits per heavy atom. The molecule has 0 aliphatic carbocycles. The van der Waals surface area contributed by atoms with Crippen LogP contribution in [0, 0.1) is 6.92 Å². The maximum absolute atomic E-state index is 12.5. The number of halogens is 1.